The van der Waals surface area contributed by atoms with Crippen LogP contribution in [0.25, 0.3) is 0 Å². The largest absolute Gasteiger partial charge is 0.481 e. The Morgan fingerprint density at radius 2 is 2.20 bits per heavy atom. The van der Waals surface area contributed by atoms with Crippen LogP contribution in [0.3, 0.4) is 0 Å². The number of pyridine rings is 1. The highest BCUT2D eigenvalue weighted by atomic mass is 79.9. The van der Waals surface area contributed by atoms with Crippen molar-refractivity contribution in [1.29, 1.82) is 0 Å². The fourth-order valence-electron chi connectivity index (χ4n) is 0.969. The van der Waals surface area contributed by atoms with Crippen molar-refractivity contribution < 1.29 is 23.1 Å². The molecule has 0 amide bonds. The summed E-state index contributed by atoms with van der Waals surface area (Å²) in [4.78, 5) is 13.4. The van der Waals surface area contributed by atoms with Crippen molar-refractivity contribution in [3.05, 3.63) is 27.7 Å². The van der Waals surface area contributed by atoms with Crippen molar-refractivity contribution in [3.63, 3.8) is 0 Å². The summed E-state index contributed by atoms with van der Waals surface area (Å²) in [7, 11) is 0. The van der Waals surface area contributed by atoms with E-state index in [1.54, 1.807) is 0 Å². The summed E-state index contributed by atoms with van der Waals surface area (Å²) in [5.41, 5.74) is -0.881. The molecule has 0 atom stereocenters. The molecule has 0 bridgehead atoms. The van der Waals surface area contributed by atoms with Gasteiger partial charge in [-0.15, -0.1) is 0 Å². The average molecular weight is 284 g/mol. The van der Waals surface area contributed by atoms with Crippen LogP contribution in [-0.2, 0) is 11.2 Å². The van der Waals surface area contributed by atoms with E-state index in [2.05, 4.69) is 20.9 Å². The Labute approximate surface area is 91.1 Å². The summed E-state index contributed by atoms with van der Waals surface area (Å²) in [5, 5.41) is 8.40. The summed E-state index contributed by atoms with van der Waals surface area (Å²) in [6, 6.07) is 0.797. The van der Waals surface area contributed by atoms with Crippen LogP contribution in [0.15, 0.2) is 10.7 Å². The van der Waals surface area contributed by atoms with E-state index in [4.69, 9.17) is 5.11 Å². The SMILES string of the molecule is O=C(O)Cc1cc(C(F)F)c(Br)nc1F. The number of aromatic nitrogens is 1. The predicted molar refractivity (Wildman–Crippen MR) is 48.2 cm³/mol. The van der Waals surface area contributed by atoms with Crippen LogP contribution in [0.4, 0.5) is 13.2 Å². The topological polar surface area (TPSA) is 50.2 Å². The van der Waals surface area contributed by atoms with Gasteiger partial charge in [-0.3, -0.25) is 4.79 Å². The van der Waals surface area contributed by atoms with E-state index in [9.17, 15) is 18.0 Å². The molecule has 15 heavy (non-hydrogen) atoms. The minimum Gasteiger partial charge on any atom is -0.481 e. The molecule has 0 aromatic carbocycles. The summed E-state index contributed by atoms with van der Waals surface area (Å²) in [5.74, 6) is -2.37. The lowest BCUT2D eigenvalue weighted by atomic mass is 10.1. The van der Waals surface area contributed by atoms with Gasteiger partial charge in [-0.05, 0) is 22.0 Å². The first kappa shape index (κ1) is 12.0. The maximum absolute atomic E-state index is 13.0. The number of rotatable bonds is 3. The van der Waals surface area contributed by atoms with Crippen molar-refractivity contribution in [2.24, 2.45) is 0 Å². The summed E-state index contributed by atoms with van der Waals surface area (Å²) < 4.78 is 37.4. The smallest absolute Gasteiger partial charge is 0.307 e. The zero-order chi connectivity index (χ0) is 11.6. The van der Waals surface area contributed by atoms with Crippen molar-refractivity contribution in [1.82, 2.24) is 4.98 Å². The minimum atomic E-state index is -2.83. The molecule has 3 nitrogen and oxygen atoms in total. The first-order valence-electron chi connectivity index (χ1n) is 3.76. The Balaban J connectivity index is 3.17. The molecule has 0 fully saturated rings. The Morgan fingerprint density at radius 1 is 1.60 bits per heavy atom. The summed E-state index contributed by atoms with van der Waals surface area (Å²) >= 11 is 2.67. The lowest BCUT2D eigenvalue weighted by Gasteiger charge is -2.05. The van der Waals surface area contributed by atoms with Gasteiger partial charge in [0, 0.05) is 5.56 Å². The minimum absolute atomic E-state index is 0.316. The molecule has 82 valence electrons. The number of carboxylic acids is 1. The van der Waals surface area contributed by atoms with E-state index in [-0.39, 0.29) is 10.2 Å². The maximum atomic E-state index is 13.0. The van der Waals surface area contributed by atoms with Gasteiger partial charge in [0.15, 0.2) is 0 Å². The van der Waals surface area contributed by atoms with Gasteiger partial charge in [-0.25, -0.2) is 13.8 Å². The molecular weight excluding hydrogens is 279 g/mol. The molecule has 1 aromatic heterocycles. The van der Waals surface area contributed by atoms with Crippen molar-refractivity contribution in [2.75, 3.05) is 0 Å². The molecule has 0 spiro atoms. The third-order valence-electron chi connectivity index (χ3n) is 1.61. The molecule has 7 heteroatoms. The summed E-state index contributed by atoms with van der Waals surface area (Å²) in [6.07, 6.45) is -3.51. The monoisotopic (exact) mass is 283 g/mol. The van der Waals surface area contributed by atoms with Gasteiger partial charge >= 0.3 is 5.97 Å². The Bertz CT molecular complexity index is 398. The predicted octanol–water partition coefficient (Wildman–Crippen LogP) is 2.55. The lowest BCUT2D eigenvalue weighted by molar-refractivity contribution is -0.136. The van der Waals surface area contributed by atoms with Crippen LogP contribution in [0, 0.1) is 5.95 Å². The van der Waals surface area contributed by atoms with Gasteiger partial charge in [-0.1, -0.05) is 0 Å². The first-order valence-corrected chi connectivity index (χ1v) is 4.56. The highest BCUT2D eigenvalue weighted by Crippen LogP contribution is 2.27. The third kappa shape index (κ3) is 2.92. The zero-order valence-corrected chi connectivity index (χ0v) is 8.76. The van der Waals surface area contributed by atoms with Crippen LogP contribution < -0.4 is 0 Å². The Morgan fingerprint density at radius 3 is 2.67 bits per heavy atom. The van der Waals surface area contributed by atoms with E-state index in [1.807, 2.05) is 0 Å². The van der Waals surface area contributed by atoms with Gasteiger partial charge in [0.05, 0.1) is 12.0 Å². The quantitative estimate of drug-likeness (QED) is 0.868. The van der Waals surface area contributed by atoms with Gasteiger partial charge in [0.25, 0.3) is 6.43 Å². The van der Waals surface area contributed by atoms with E-state index in [0.29, 0.717) is 0 Å². The number of alkyl halides is 2. The van der Waals surface area contributed by atoms with Crippen LogP contribution >= 0.6 is 15.9 Å². The van der Waals surface area contributed by atoms with Crippen LogP contribution in [0.2, 0.25) is 0 Å². The van der Waals surface area contributed by atoms with Crippen LogP contribution in [-0.4, -0.2) is 16.1 Å². The number of carboxylic acid groups (broad SMARTS) is 1. The summed E-state index contributed by atoms with van der Waals surface area (Å²) in [6.45, 7) is 0. The molecule has 0 saturated carbocycles. The molecule has 0 radical (unpaired) electrons. The van der Waals surface area contributed by atoms with Gasteiger partial charge in [0.2, 0.25) is 5.95 Å². The second kappa shape index (κ2) is 4.61. The van der Waals surface area contributed by atoms with E-state index >= 15 is 0 Å². The number of hydrogen-bond acceptors (Lipinski definition) is 2. The molecule has 0 saturated heterocycles. The third-order valence-corrected chi connectivity index (χ3v) is 2.24. The number of hydrogen-bond donors (Lipinski definition) is 1. The lowest BCUT2D eigenvalue weighted by Crippen LogP contribution is -2.06. The van der Waals surface area contributed by atoms with E-state index in [1.165, 1.54) is 0 Å². The second-order valence-corrected chi connectivity index (χ2v) is 3.44. The highest BCUT2D eigenvalue weighted by molar-refractivity contribution is 9.10. The molecule has 0 aliphatic heterocycles. The number of aliphatic carboxylic acids is 1. The normalized spacial score (nSPS) is 10.7. The number of halogens is 4. The highest BCUT2D eigenvalue weighted by Gasteiger charge is 2.18. The fraction of sp³-hybridized carbons (Fsp3) is 0.250. The first-order chi connectivity index (χ1) is 6.91. The Kier molecular flexibility index (Phi) is 3.67. The number of nitrogens with zero attached hydrogens (tertiary/aromatic N) is 1. The fourth-order valence-corrected chi connectivity index (χ4v) is 1.41. The molecular formula is C8H5BrF3NO2. The molecule has 0 unspecified atom stereocenters. The van der Waals surface area contributed by atoms with Crippen molar-refractivity contribution in [3.8, 4) is 0 Å². The van der Waals surface area contributed by atoms with Crippen LogP contribution in [0.5, 0.6) is 0 Å². The maximum Gasteiger partial charge on any atom is 0.307 e. The average Bonchev–Trinajstić information content (AvgIpc) is 2.08. The molecule has 1 rings (SSSR count). The standard InChI is InChI=1S/C8H5BrF3NO2/c9-6-4(7(10)11)1-3(2-5(14)15)8(12)13-6/h1,7H,2H2,(H,14,15). The van der Waals surface area contributed by atoms with Crippen molar-refractivity contribution >= 4 is 21.9 Å². The van der Waals surface area contributed by atoms with Gasteiger partial charge in [0.1, 0.15) is 4.60 Å². The Hall–Kier alpha value is -1.11. The zero-order valence-electron chi connectivity index (χ0n) is 7.18. The van der Waals surface area contributed by atoms with Crippen LogP contribution in [0.1, 0.15) is 17.6 Å². The molecule has 1 aromatic rings. The number of carbonyl (C=O) groups is 1. The molecule has 0 aliphatic rings. The van der Waals surface area contributed by atoms with Gasteiger partial charge < -0.3 is 5.11 Å². The van der Waals surface area contributed by atoms with E-state index in [0.717, 1.165) is 6.07 Å². The molecule has 1 N–H and O–H groups in total. The van der Waals surface area contributed by atoms with E-state index < -0.39 is 30.3 Å². The van der Waals surface area contributed by atoms with Gasteiger partial charge in [-0.2, -0.15) is 4.39 Å². The van der Waals surface area contributed by atoms with Crippen molar-refractivity contribution in [2.45, 2.75) is 12.8 Å². The second-order valence-electron chi connectivity index (χ2n) is 2.69. The molecule has 1 heterocycles. The molecule has 0 aliphatic carbocycles.